The maximum absolute atomic E-state index is 13.5. The molecule has 1 fully saturated rings. The molecule has 2 N–H and O–H groups in total. The Morgan fingerprint density at radius 1 is 1.42 bits per heavy atom. The van der Waals surface area contributed by atoms with Crippen LogP contribution in [-0.2, 0) is 0 Å². The molecule has 4 nitrogen and oxygen atoms in total. The van der Waals surface area contributed by atoms with E-state index in [0.29, 0.717) is 6.54 Å². The fraction of sp³-hybridized carbons (Fsp3) is 0.611. The smallest absolute Gasteiger partial charge is 0.315 e. The Kier molecular flexibility index (Phi) is 6.00. The van der Waals surface area contributed by atoms with Gasteiger partial charge in [-0.05, 0) is 55.5 Å². The number of nitrogens with zero attached hydrogens (tertiary/aromatic N) is 1. The third-order valence-corrected chi connectivity index (χ3v) is 5.89. The van der Waals surface area contributed by atoms with Crippen molar-refractivity contribution in [3.63, 3.8) is 0 Å². The molecule has 1 aromatic rings. The molecule has 24 heavy (non-hydrogen) atoms. The van der Waals surface area contributed by atoms with Gasteiger partial charge in [-0.1, -0.05) is 6.92 Å². The minimum absolute atomic E-state index is 0.105. The number of carbonyl (C=O) groups is 1. The van der Waals surface area contributed by atoms with Crippen molar-refractivity contribution in [2.24, 2.45) is 5.92 Å². The van der Waals surface area contributed by atoms with Crippen molar-refractivity contribution in [2.75, 3.05) is 31.9 Å². The fourth-order valence-corrected chi connectivity index (χ4v) is 4.65. The molecule has 2 atom stereocenters. The van der Waals surface area contributed by atoms with Gasteiger partial charge in [0.15, 0.2) is 0 Å². The number of amides is 2. The maximum atomic E-state index is 13.5. The summed E-state index contributed by atoms with van der Waals surface area (Å²) >= 11 is 1.72. The summed E-state index contributed by atoms with van der Waals surface area (Å²) in [5.41, 5.74) is 0.895. The number of urea groups is 1. The van der Waals surface area contributed by atoms with E-state index in [1.165, 1.54) is 18.9 Å². The lowest BCUT2D eigenvalue weighted by molar-refractivity contribution is 0.183. The number of likely N-dealkylation sites (tertiary alicyclic amines) is 1. The summed E-state index contributed by atoms with van der Waals surface area (Å²) in [6, 6.07) is 4.56. The molecule has 0 spiro atoms. The Bertz CT molecular complexity index is 583. The molecule has 2 amide bonds. The predicted octanol–water partition coefficient (Wildman–Crippen LogP) is 3.39. The van der Waals surface area contributed by atoms with Crippen LogP contribution in [-0.4, -0.2) is 42.9 Å². The van der Waals surface area contributed by atoms with Crippen LogP contribution in [0.5, 0.6) is 0 Å². The third kappa shape index (κ3) is 4.63. The van der Waals surface area contributed by atoms with Crippen molar-refractivity contribution in [3.8, 4) is 0 Å². The lowest BCUT2D eigenvalue weighted by Crippen LogP contribution is -2.44. The number of thioether (sulfide) groups is 1. The number of hydrogen-bond acceptors (Lipinski definition) is 3. The minimum atomic E-state index is -0.248. The van der Waals surface area contributed by atoms with Crippen LogP contribution in [0.2, 0.25) is 0 Å². The van der Waals surface area contributed by atoms with Crippen LogP contribution in [0.1, 0.15) is 37.8 Å². The number of rotatable bonds is 4. The average molecular weight is 351 g/mol. The van der Waals surface area contributed by atoms with Gasteiger partial charge in [-0.3, -0.25) is 0 Å². The van der Waals surface area contributed by atoms with E-state index in [2.05, 4.69) is 22.5 Å². The summed E-state index contributed by atoms with van der Waals surface area (Å²) < 4.78 is 13.5. The summed E-state index contributed by atoms with van der Waals surface area (Å²) in [7, 11) is 0. The highest BCUT2D eigenvalue weighted by Gasteiger charge is 2.23. The number of halogens is 1. The fourth-order valence-electron chi connectivity index (χ4n) is 3.54. The first kappa shape index (κ1) is 17.5. The van der Waals surface area contributed by atoms with Gasteiger partial charge in [-0.2, -0.15) is 0 Å². The standard InChI is InChI=1S/C18H26FN3OS/c1-13-3-2-8-22(12-13)9-7-20-18(23)21-16-6-10-24-17-5-4-14(19)11-15(16)17/h4-5,11,13,16H,2-3,6-10,12H2,1H3,(H2,20,21,23). The van der Waals surface area contributed by atoms with Gasteiger partial charge in [0.2, 0.25) is 0 Å². The summed E-state index contributed by atoms with van der Waals surface area (Å²) in [5.74, 6) is 1.44. The second-order valence-electron chi connectivity index (χ2n) is 6.82. The van der Waals surface area contributed by atoms with Crippen LogP contribution in [0, 0.1) is 11.7 Å². The zero-order valence-electron chi connectivity index (χ0n) is 14.2. The Labute approximate surface area is 147 Å². The summed E-state index contributed by atoms with van der Waals surface area (Å²) in [6.07, 6.45) is 3.38. The number of hydrogen-bond donors (Lipinski definition) is 2. The number of carbonyl (C=O) groups excluding carboxylic acids is 1. The van der Waals surface area contributed by atoms with Crippen LogP contribution >= 0.6 is 11.8 Å². The second-order valence-corrected chi connectivity index (χ2v) is 7.96. The maximum Gasteiger partial charge on any atom is 0.315 e. The normalized spacial score (nSPS) is 24.2. The Morgan fingerprint density at radius 2 is 2.29 bits per heavy atom. The Balaban J connectivity index is 1.46. The Morgan fingerprint density at radius 3 is 3.12 bits per heavy atom. The van der Waals surface area contributed by atoms with E-state index in [9.17, 15) is 9.18 Å². The van der Waals surface area contributed by atoms with E-state index in [-0.39, 0.29) is 17.9 Å². The van der Waals surface area contributed by atoms with E-state index in [1.54, 1.807) is 23.9 Å². The van der Waals surface area contributed by atoms with E-state index >= 15 is 0 Å². The molecule has 2 aliphatic rings. The molecule has 132 valence electrons. The predicted molar refractivity (Wildman–Crippen MR) is 95.9 cm³/mol. The van der Waals surface area contributed by atoms with Gasteiger partial charge in [-0.25, -0.2) is 9.18 Å². The van der Waals surface area contributed by atoms with Gasteiger partial charge in [0.25, 0.3) is 0 Å². The molecule has 0 radical (unpaired) electrons. The first-order valence-corrected chi connectivity index (χ1v) is 9.79. The van der Waals surface area contributed by atoms with Gasteiger partial charge in [0.1, 0.15) is 5.82 Å². The first-order valence-electron chi connectivity index (χ1n) is 8.81. The van der Waals surface area contributed by atoms with E-state index in [1.807, 2.05) is 0 Å². The van der Waals surface area contributed by atoms with Crippen LogP contribution < -0.4 is 10.6 Å². The molecule has 2 unspecified atom stereocenters. The molecular formula is C18H26FN3OS. The third-order valence-electron chi connectivity index (χ3n) is 4.77. The second kappa shape index (κ2) is 8.21. The van der Waals surface area contributed by atoms with Crippen molar-refractivity contribution in [2.45, 2.75) is 37.1 Å². The SMILES string of the molecule is CC1CCCN(CCNC(=O)NC2CCSc3ccc(F)cc32)C1. The highest BCUT2D eigenvalue weighted by molar-refractivity contribution is 7.99. The molecule has 0 bridgehead atoms. The molecule has 2 aliphatic heterocycles. The highest BCUT2D eigenvalue weighted by atomic mass is 32.2. The zero-order chi connectivity index (χ0) is 16.9. The van der Waals surface area contributed by atoms with Crippen molar-refractivity contribution < 1.29 is 9.18 Å². The highest BCUT2D eigenvalue weighted by Crippen LogP contribution is 2.36. The topological polar surface area (TPSA) is 44.4 Å². The van der Waals surface area contributed by atoms with Gasteiger partial charge >= 0.3 is 6.03 Å². The molecule has 3 rings (SSSR count). The number of benzene rings is 1. The van der Waals surface area contributed by atoms with Crippen LogP contribution in [0.15, 0.2) is 23.1 Å². The summed E-state index contributed by atoms with van der Waals surface area (Å²) in [4.78, 5) is 15.6. The molecule has 0 aliphatic carbocycles. The summed E-state index contributed by atoms with van der Waals surface area (Å²) in [5, 5.41) is 5.95. The van der Waals surface area contributed by atoms with Crippen LogP contribution in [0.4, 0.5) is 9.18 Å². The molecule has 0 saturated carbocycles. The molecule has 2 heterocycles. The zero-order valence-corrected chi connectivity index (χ0v) is 15.0. The van der Waals surface area contributed by atoms with Crippen molar-refractivity contribution >= 4 is 17.8 Å². The average Bonchev–Trinajstić information content (AvgIpc) is 2.55. The van der Waals surface area contributed by atoms with Gasteiger partial charge in [0.05, 0.1) is 6.04 Å². The number of nitrogens with one attached hydrogen (secondary N) is 2. The quantitative estimate of drug-likeness (QED) is 0.874. The van der Waals surface area contributed by atoms with Crippen LogP contribution in [0.3, 0.4) is 0 Å². The lowest BCUT2D eigenvalue weighted by Gasteiger charge is -2.31. The van der Waals surface area contributed by atoms with Gasteiger partial charge in [0, 0.05) is 30.3 Å². The molecule has 0 aromatic heterocycles. The molecule has 1 saturated heterocycles. The van der Waals surface area contributed by atoms with Gasteiger partial charge in [-0.15, -0.1) is 11.8 Å². The largest absolute Gasteiger partial charge is 0.337 e. The molecule has 6 heteroatoms. The molecular weight excluding hydrogens is 325 g/mol. The van der Waals surface area contributed by atoms with Crippen molar-refractivity contribution in [3.05, 3.63) is 29.6 Å². The van der Waals surface area contributed by atoms with Crippen molar-refractivity contribution in [1.82, 2.24) is 15.5 Å². The van der Waals surface area contributed by atoms with E-state index < -0.39 is 0 Å². The van der Waals surface area contributed by atoms with E-state index in [4.69, 9.17) is 0 Å². The van der Waals surface area contributed by atoms with E-state index in [0.717, 1.165) is 48.2 Å². The van der Waals surface area contributed by atoms with Crippen molar-refractivity contribution in [1.29, 1.82) is 0 Å². The summed E-state index contributed by atoms with van der Waals surface area (Å²) in [6.45, 7) is 6.07. The number of fused-ring (bicyclic) bond motifs is 1. The van der Waals surface area contributed by atoms with Crippen LogP contribution in [0.25, 0.3) is 0 Å². The van der Waals surface area contributed by atoms with Gasteiger partial charge < -0.3 is 15.5 Å². The minimum Gasteiger partial charge on any atom is -0.337 e. The molecule has 1 aromatic carbocycles. The first-order chi connectivity index (χ1) is 11.6. The lowest BCUT2D eigenvalue weighted by atomic mass is 10.0. The number of piperidine rings is 1. The Hall–Kier alpha value is -1.27. The monoisotopic (exact) mass is 351 g/mol.